The number of halogens is 4. The van der Waals surface area contributed by atoms with E-state index in [-0.39, 0.29) is 34.9 Å². The molecule has 0 spiro atoms. The van der Waals surface area contributed by atoms with Gasteiger partial charge in [-0.25, -0.2) is 4.39 Å². The van der Waals surface area contributed by atoms with Gasteiger partial charge in [-0.1, -0.05) is 30.3 Å². The summed E-state index contributed by atoms with van der Waals surface area (Å²) >= 11 is 0. The van der Waals surface area contributed by atoms with Gasteiger partial charge in [0.25, 0.3) is 5.91 Å². The standard InChI is InChI=1S/C26H29F4NO3/c1-24(33,26(28,29)30)18-9-7-17(8-10-18)23(32)31(19-11-12-19)20-13-15-25(34-2,16-14-20)21-5-3-4-6-22(21)27/h3-10,19-20,33H,11-16H2,1-2H3/t20?,24-,25?/m0/s1. The molecule has 0 aliphatic heterocycles. The van der Waals surface area contributed by atoms with E-state index in [1.807, 2.05) is 4.90 Å². The third-order valence-electron chi connectivity index (χ3n) is 7.33. The van der Waals surface area contributed by atoms with Gasteiger partial charge in [0.2, 0.25) is 0 Å². The van der Waals surface area contributed by atoms with Crippen LogP contribution in [0.15, 0.2) is 48.5 Å². The van der Waals surface area contributed by atoms with Gasteiger partial charge in [0.15, 0.2) is 5.60 Å². The topological polar surface area (TPSA) is 49.8 Å². The van der Waals surface area contributed by atoms with Gasteiger partial charge in [-0.15, -0.1) is 0 Å². The van der Waals surface area contributed by atoms with Crippen molar-refractivity contribution in [2.24, 2.45) is 0 Å². The first kappa shape index (κ1) is 24.7. The number of ether oxygens (including phenoxy) is 1. The van der Waals surface area contributed by atoms with Gasteiger partial charge in [-0.05, 0) is 69.2 Å². The van der Waals surface area contributed by atoms with E-state index >= 15 is 0 Å². The van der Waals surface area contributed by atoms with Crippen LogP contribution in [0.5, 0.6) is 0 Å². The van der Waals surface area contributed by atoms with Crippen molar-refractivity contribution in [1.82, 2.24) is 4.90 Å². The Morgan fingerprint density at radius 1 is 1.00 bits per heavy atom. The number of carbonyl (C=O) groups is 1. The summed E-state index contributed by atoms with van der Waals surface area (Å²) in [6.45, 7) is 0.694. The largest absolute Gasteiger partial charge is 0.421 e. The summed E-state index contributed by atoms with van der Waals surface area (Å²) in [6, 6.07) is 11.6. The van der Waals surface area contributed by atoms with Crippen molar-refractivity contribution in [2.75, 3.05) is 7.11 Å². The summed E-state index contributed by atoms with van der Waals surface area (Å²) in [4.78, 5) is 15.2. The Morgan fingerprint density at radius 3 is 2.06 bits per heavy atom. The van der Waals surface area contributed by atoms with E-state index < -0.39 is 17.4 Å². The van der Waals surface area contributed by atoms with Gasteiger partial charge < -0.3 is 14.7 Å². The molecule has 0 aromatic heterocycles. The van der Waals surface area contributed by atoms with Crippen molar-refractivity contribution >= 4 is 5.91 Å². The second-order valence-electron chi connectivity index (χ2n) is 9.50. The predicted octanol–water partition coefficient (Wildman–Crippen LogP) is 5.68. The Bertz CT molecular complexity index is 1020. The summed E-state index contributed by atoms with van der Waals surface area (Å²) in [6.07, 6.45) is -0.695. The maximum absolute atomic E-state index is 14.5. The molecular formula is C26H29F4NO3. The second-order valence-corrected chi connectivity index (χ2v) is 9.50. The Morgan fingerprint density at radius 2 is 1.56 bits per heavy atom. The Hall–Kier alpha value is -2.45. The van der Waals surface area contributed by atoms with Gasteiger partial charge in [-0.2, -0.15) is 13.2 Å². The number of nitrogens with zero attached hydrogens (tertiary/aromatic N) is 1. The van der Waals surface area contributed by atoms with Gasteiger partial charge in [-0.3, -0.25) is 4.79 Å². The number of carbonyl (C=O) groups excluding carboxylic acids is 1. The molecule has 34 heavy (non-hydrogen) atoms. The van der Waals surface area contributed by atoms with E-state index in [4.69, 9.17) is 4.74 Å². The van der Waals surface area contributed by atoms with Crippen LogP contribution in [0.3, 0.4) is 0 Å². The second kappa shape index (κ2) is 8.96. The summed E-state index contributed by atoms with van der Waals surface area (Å²) in [7, 11) is 1.58. The van der Waals surface area contributed by atoms with Crippen molar-refractivity contribution in [3.8, 4) is 0 Å². The van der Waals surface area contributed by atoms with Crippen LogP contribution in [-0.2, 0) is 15.9 Å². The van der Waals surface area contributed by atoms with E-state index in [0.29, 0.717) is 38.2 Å². The SMILES string of the molecule is COC1(c2ccccc2F)CCC(N(C(=O)c2ccc([C@](C)(O)C(F)(F)F)cc2)C2CC2)CC1. The van der Waals surface area contributed by atoms with Crippen molar-refractivity contribution < 1.29 is 32.2 Å². The zero-order chi connectivity index (χ0) is 24.7. The summed E-state index contributed by atoms with van der Waals surface area (Å²) in [5.74, 6) is -0.547. The normalized spacial score (nSPS) is 25.0. The minimum absolute atomic E-state index is 0.0620. The van der Waals surface area contributed by atoms with E-state index in [1.54, 1.807) is 25.3 Å². The van der Waals surface area contributed by atoms with Crippen LogP contribution in [0.1, 0.15) is 66.9 Å². The van der Waals surface area contributed by atoms with Crippen LogP contribution < -0.4 is 0 Å². The fourth-order valence-corrected chi connectivity index (χ4v) is 4.99. The van der Waals surface area contributed by atoms with Crippen molar-refractivity contribution in [3.05, 3.63) is 71.0 Å². The lowest BCUT2D eigenvalue weighted by molar-refractivity contribution is -0.258. The molecule has 2 aromatic carbocycles. The number of aliphatic hydroxyl groups is 1. The maximum Gasteiger partial charge on any atom is 0.421 e. The van der Waals surface area contributed by atoms with E-state index in [9.17, 15) is 27.5 Å². The number of benzene rings is 2. The fourth-order valence-electron chi connectivity index (χ4n) is 4.99. The molecule has 1 N–H and O–H groups in total. The van der Waals surface area contributed by atoms with Crippen LogP contribution >= 0.6 is 0 Å². The molecular weight excluding hydrogens is 450 g/mol. The number of hydrogen-bond donors (Lipinski definition) is 1. The number of alkyl halides is 3. The Kier molecular flexibility index (Phi) is 6.50. The maximum atomic E-state index is 14.5. The summed E-state index contributed by atoms with van der Waals surface area (Å²) in [5.41, 5.74) is -3.25. The van der Waals surface area contributed by atoms with Crippen LogP contribution in [0.25, 0.3) is 0 Å². The van der Waals surface area contributed by atoms with Gasteiger partial charge in [0.1, 0.15) is 5.82 Å². The third kappa shape index (κ3) is 4.45. The first-order valence-corrected chi connectivity index (χ1v) is 11.5. The lowest BCUT2D eigenvalue weighted by Crippen LogP contribution is -2.47. The van der Waals surface area contributed by atoms with Crippen LogP contribution in [0, 0.1) is 5.82 Å². The molecule has 0 heterocycles. The van der Waals surface area contributed by atoms with Crippen molar-refractivity contribution in [1.29, 1.82) is 0 Å². The smallest absolute Gasteiger partial charge is 0.376 e. The monoisotopic (exact) mass is 479 g/mol. The highest BCUT2D eigenvalue weighted by molar-refractivity contribution is 5.95. The predicted molar refractivity (Wildman–Crippen MR) is 119 cm³/mol. The molecule has 1 atom stereocenters. The molecule has 8 heteroatoms. The third-order valence-corrected chi connectivity index (χ3v) is 7.33. The molecule has 0 bridgehead atoms. The van der Waals surface area contributed by atoms with Gasteiger partial charge in [0, 0.05) is 30.3 Å². The highest BCUT2D eigenvalue weighted by Gasteiger charge is 2.51. The molecule has 0 unspecified atom stereocenters. The van der Waals surface area contributed by atoms with E-state index in [1.165, 1.54) is 18.2 Å². The lowest BCUT2D eigenvalue weighted by Gasteiger charge is -2.43. The van der Waals surface area contributed by atoms with Crippen LogP contribution in [0.2, 0.25) is 0 Å². The zero-order valence-corrected chi connectivity index (χ0v) is 19.2. The lowest BCUT2D eigenvalue weighted by atomic mass is 9.76. The molecule has 0 radical (unpaired) electrons. The van der Waals surface area contributed by atoms with Crippen LogP contribution in [-0.4, -0.2) is 41.3 Å². The molecule has 2 aliphatic carbocycles. The summed E-state index contributed by atoms with van der Waals surface area (Å²) < 4.78 is 59.7. The molecule has 1 amide bonds. The van der Waals surface area contributed by atoms with E-state index in [0.717, 1.165) is 25.0 Å². The minimum atomic E-state index is -4.83. The molecule has 0 saturated heterocycles. The quantitative estimate of drug-likeness (QED) is 0.542. The molecule has 2 saturated carbocycles. The zero-order valence-electron chi connectivity index (χ0n) is 19.2. The highest BCUT2D eigenvalue weighted by atomic mass is 19.4. The highest BCUT2D eigenvalue weighted by Crippen LogP contribution is 2.45. The van der Waals surface area contributed by atoms with Crippen molar-refractivity contribution in [3.63, 3.8) is 0 Å². The summed E-state index contributed by atoms with van der Waals surface area (Å²) in [5, 5.41) is 9.89. The first-order chi connectivity index (χ1) is 16.0. The van der Waals surface area contributed by atoms with Gasteiger partial charge >= 0.3 is 6.18 Å². The van der Waals surface area contributed by atoms with E-state index in [2.05, 4.69) is 0 Å². The van der Waals surface area contributed by atoms with Gasteiger partial charge in [0.05, 0.1) is 5.60 Å². The molecule has 2 aromatic rings. The number of rotatable bonds is 6. The fraction of sp³-hybridized carbons (Fsp3) is 0.500. The molecule has 4 nitrogen and oxygen atoms in total. The molecule has 2 aliphatic rings. The van der Waals surface area contributed by atoms with Crippen molar-refractivity contribution in [2.45, 2.75) is 74.9 Å². The number of methoxy groups -OCH3 is 1. The molecule has 184 valence electrons. The molecule has 2 fully saturated rings. The Balaban J connectivity index is 1.52. The number of amides is 1. The minimum Gasteiger partial charge on any atom is -0.376 e. The number of hydrogen-bond acceptors (Lipinski definition) is 3. The molecule has 4 rings (SSSR count). The average Bonchev–Trinajstić information content (AvgIpc) is 3.64. The average molecular weight is 480 g/mol. The first-order valence-electron chi connectivity index (χ1n) is 11.5. The van der Waals surface area contributed by atoms with Crippen LogP contribution in [0.4, 0.5) is 17.6 Å². The Labute approximate surface area is 196 Å².